The highest BCUT2D eigenvalue weighted by molar-refractivity contribution is 8.01. The fourth-order valence-corrected chi connectivity index (χ4v) is 2.87. The Morgan fingerprint density at radius 3 is 3.05 bits per heavy atom. The second-order valence-electron chi connectivity index (χ2n) is 3.82. The van der Waals surface area contributed by atoms with Crippen LogP contribution < -0.4 is 5.32 Å². The minimum absolute atomic E-state index is 0.0441. The minimum atomic E-state index is -0.891. The molecule has 0 aliphatic rings. The van der Waals surface area contributed by atoms with Gasteiger partial charge in [0.1, 0.15) is 0 Å². The molecule has 0 fully saturated rings. The van der Waals surface area contributed by atoms with Crippen LogP contribution in [0.4, 0.5) is 10.8 Å². The van der Waals surface area contributed by atoms with E-state index < -0.39 is 5.97 Å². The smallest absolute Gasteiger partial charge is 0.313 e. The van der Waals surface area contributed by atoms with Crippen molar-refractivity contribution in [3.05, 3.63) is 29.3 Å². The zero-order chi connectivity index (χ0) is 14.5. The van der Waals surface area contributed by atoms with Gasteiger partial charge in [-0.15, -0.1) is 10.2 Å². The lowest BCUT2D eigenvalue weighted by Gasteiger charge is -2.05. The second-order valence-corrected chi connectivity index (χ2v) is 6.02. The number of nitrogens with one attached hydrogen (secondary N) is 1. The highest BCUT2D eigenvalue weighted by Crippen LogP contribution is 2.28. The summed E-state index contributed by atoms with van der Waals surface area (Å²) in [4.78, 5) is 10.5. The Bertz CT molecular complexity index is 678. The van der Waals surface area contributed by atoms with Gasteiger partial charge in [-0.25, -0.2) is 0 Å². The van der Waals surface area contributed by atoms with Crippen molar-refractivity contribution in [3.8, 4) is 6.07 Å². The molecule has 0 amide bonds. The van der Waals surface area contributed by atoms with E-state index in [0.717, 1.165) is 23.0 Å². The molecule has 2 rings (SSSR count). The van der Waals surface area contributed by atoms with Gasteiger partial charge in [0.2, 0.25) is 5.13 Å². The molecule has 102 valence electrons. The van der Waals surface area contributed by atoms with Gasteiger partial charge in [-0.05, 0) is 24.6 Å². The highest BCUT2D eigenvalue weighted by Gasteiger charge is 2.08. The molecule has 1 aromatic carbocycles. The summed E-state index contributed by atoms with van der Waals surface area (Å²) in [6, 6.07) is 7.41. The number of carboxylic acid groups (broad SMARTS) is 1. The summed E-state index contributed by atoms with van der Waals surface area (Å²) in [5, 5.41) is 29.0. The maximum absolute atomic E-state index is 10.5. The van der Waals surface area contributed by atoms with Crippen molar-refractivity contribution in [3.63, 3.8) is 0 Å². The minimum Gasteiger partial charge on any atom is -0.481 e. The summed E-state index contributed by atoms with van der Waals surface area (Å²) in [5.41, 5.74) is 2.33. The molecule has 0 radical (unpaired) electrons. The van der Waals surface area contributed by atoms with Gasteiger partial charge < -0.3 is 10.4 Å². The van der Waals surface area contributed by atoms with Gasteiger partial charge in [0, 0.05) is 5.69 Å². The van der Waals surface area contributed by atoms with Crippen molar-refractivity contribution in [1.29, 1.82) is 5.26 Å². The number of anilines is 2. The first kappa shape index (κ1) is 14.3. The Morgan fingerprint density at radius 1 is 1.55 bits per heavy atom. The maximum atomic E-state index is 10.5. The molecular formula is C12H10N4O2S2. The number of aliphatic carboxylic acids is 1. The van der Waals surface area contributed by atoms with Crippen LogP contribution in [0.5, 0.6) is 0 Å². The maximum Gasteiger partial charge on any atom is 0.313 e. The van der Waals surface area contributed by atoms with Gasteiger partial charge in [0.25, 0.3) is 0 Å². The first-order chi connectivity index (χ1) is 9.58. The molecule has 2 N–H and O–H groups in total. The van der Waals surface area contributed by atoms with Crippen molar-refractivity contribution in [2.45, 2.75) is 11.3 Å². The standard InChI is InChI=1S/C12H10N4O2S2/c1-7-2-3-8(5-13)4-9(7)14-11-15-16-12(20-11)19-6-10(17)18/h2-4H,6H2,1H3,(H,14,15)(H,17,18). The van der Waals surface area contributed by atoms with Crippen LogP contribution in [0.2, 0.25) is 0 Å². The summed E-state index contributed by atoms with van der Waals surface area (Å²) in [6.45, 7) is 1.92. The molecule has 8 heteroatoms. The van der Waals surface area contributed by atoms with Gasteiger partial charge in [0.15, 0.2) is 4.34 Å². The quantitative estimate of drug-likeness (QED) is 0.819. The second kappa shape index (κ2) is 6.36. The Kier molecular flexibility index (Phi) is 4.55. The van der Waals surface area contributed by atoms with E-state index in [9.17, 15) is 4.79 Å². The number of aryl methyl sites for hydroxylation is 1. The molecule has 0 bridgehead atoms. The number of aromatic nitrogens is 2. The molecule has 0 aliphatic carbocycles. The van der Waals surface area contributed by atoms with Gasteiger partial charge in [-0.1, -0.05) is 29.2 Å². The molecule has 20 heavy (non-hydrogen) atoms. The number of rotatable bonds is 5. The lowest BCUT2D eigenvalue weighted by molar-refractivity contribution is -0.133. The Balaban J connectivity index is 2.10. The van der Waals surface area contributed by atoms with Crippen molar-refractivity contribution in [2.24, 2.45) is 0 Å². The monoisotopic (exact) mass is 306 g/mol. The van der Waals surface area contributed by atoms with Crippen LogP contribution in [-0.2, 0) is 4.79 Å². The number of carbonyl (C=O) groups is 1. The lowest BCUT2D eigenvalue weighted by atomic mass is 10.1. The number of hydrogen-bond donors (Lipinski definition) is 2. The molecule has 1 aromatic heterocycles. The third kappa shape index (κ3) is 3.69. The average molecular weight is 306 g/mol. The molecule has 0 aliphatic heterocycles. The van der Waals surface area contributed by atoms with Crippen molar-refractivity contribution >= 4 is 39.9 Å². The van der Waals surface area contributed by atoms with Crippen molar-refractivity contribution < 1.29 is 9.90 Å². The molecule has 6 nitrogen and oxygen atoms in total. The predicted octanol–water partition coefficient (Wildman–Crippen LogP) is 2.64. The average Bonchev–Trinajstić information content (AvgIpc) is 2.86. The molecule has 0 unspecified atom stereocenters. The Labute approximate surface area is 123 Å². The molecule has 2 aromatic rings. The number of carboxylic acids is 1. The Hall–Kier alpha value is -2.11. The van der Waals surface area contributed by atoms with E-state index in [1.807, 2.05) is 13.0 Å². The summed E-state index contributed by atoms with van der Waals surface area (Å²) >= 11 is 2.40. The van der Waals surface area contributed by atoms with E-state index >= 15 is 0 Å². The summed E-state index contributed by atoms with van der Waals surface area (Å²) < 4.78 is 0.587. The van der Waals surface area contributed by atoms with Gasteiger partial charge in [-0.3, -0.25) is 4.79 Å². The summed E-state index contributed by atoms with van der Waals surface area (Å²) in [7, 11) is 0. The number of hydrogen-bond acceptors (Lipinski definition) is 7. The van der Waals surface area contributed by atoms with Crippen LogP contribution in [0.25, 0.3) is 0 Å². The van der Waals surface area contributed by atoms with Crippen LogP contribution in [0.1, 0.15) is 11.1 Å². The van der Waals surface area contributed by atoms with E-state index in [1.54, 1.807) is 12.1 Å². The van der Waals surface area contributed by atoms with E-state index in [2.05, 4.69) is 21.6 Å². The number of thioether (sulfide) groups is 1. The van der Waals surface area contributed by atoms with Crippen LogP contribution in [0, 0.1) is 18.3 Å². The first-order valence-electron chi connectivity index (χ1n) is 5.54. The molecular weight excluding hydrogens is 296 g/mol. The van der Waals surface area contributed by atoms with Crippen molar-refractivity contribution in [2.75, 3.05) is 11.1 Å². The molecule has 0 atom stereocenters. The molecule has 0 saturated heterocycles. The summed E-state index contributed by atoms with van der Waals surface area (Å²) in [5.74, 6) is -0.935. The molecule has 0 saturated carbocycles. The Morgan fingerprint density at radius 2 is 2.35 bits per heavy atom. The van der Waals surface area contributed by atoms with Crippen LogP contribution >= 0.6 is 23.1 Å². The van der Waals surface area contributed by atoms with Gasteiger partial charge in [-0.2, -0.15) is 5.26 Å². The topological polar surface area (TPSA) is 98.9 Å². The van der Waals surface area contributed by atoms with Crippen LogP contribution in [-0.4, -0.2) is 27.0 Å². The van der Waals surface area contributed by atoms with Gasteiger partial charge >= 0.3 is 5.97 Å². The fraction of sp³-hybridized carbons (Fsp3) is 0.167. The van der Waals surface area contributed by atoms with E-state index in [0.29, 0.717) is 15.0 Å². The zero-order valence-electron chi connectivity index (χ0n) is 10.5. The normalized spacial score (nSPS) is 10.0. The fourth-order valence-electron chi connectivity index (χ4n) is 1.38. The van der Waals surface area contributed by atoms with Crippen molar-refractivity contribution in [1.82, 2.24) is 10.2 Å². The molecule has 0 spiro atoms. The van der Waals surface area contributed by atoms with Crippen LogP contribution in [0.3, 0.4) is 0 Å². The molecule has 1 heterocycles. The van der Waals surface area contributed by atoms with Crippen LogP contribution in [0.15, 0.2) is 22.5 Å². The zero-order valence-corrected chi connectivity index (χ0v) is 12.1. The highest BCUT2D eigenvalue weighted by atomic mass is 32.2. The number of nitrogens with zero attached hydrogens (tertiary/aromatic N) is 3. The predicted molar refractivity (Wildman–Crippen MR) is 77.4 cm³/mol. The third-order valence-electron chi connectivity index (χ3n) is 2.33. The van der Waals surface area contributed by atoms with E-state index in [1.165, 1.54) is 11.3 Å². The SMILES string of the molecule is Cc1ccc(C#N)cc1Nc1nnc(SCC(=O)O)s1. The number of nitriles is 1. The summed E-state index contributed by atoms with van der Waals surface area (Å²) in [6.07, 6.45) is 0. The lowest BCUT2D eigenvalue weighted by Crippen LogP contribution is -1.96. The van der Waals surface area contributed by atoms with Gasteiger partial charge in [0.05, 0.1) is 17.4 Å². The first-order valence-corrected chi connectivity index (χ1v) is 7.34. The third-order valence-corrected chi connectivity index (χ3v) is 4.29. The van der Waals surface area contributed by atoms with E-state index in [-0.39, 0.29) is 5.75 Å². The largest absolute Gasteiger partial charge is 0.481 e. The van der Waals surface area contributed by atoms with E-state index in [4.69, 9.17) is 10.4 Å². The number of benzene rings is 1.